The van der Waals surface area contributed by atoms with E-state index in [1.165, 1.54) is 18.0 Å². The van der Waals surface area contributed by atoms with E-state index in [0.717, 1.165) is 5.39 Å². The molecular weight excluding hydrogens is 550 g/mol. The second-order valence-electron chi connectivity index (χ2n) is 9.16. The van der Waals surface area contributed by atoms with E-state index in [0.29, 0.717) is 33.6 Å². The fraction of sp³-hybridized carbons (Fsp3) is 0.200. The molecule has 2 heterocycles. The van der Waals surface area contributed by atoms with Crippen LogP contribution in [0.1, 0.15) is 19.4 Å². The van der Waals surface area contributed by atoms with Crippen molar-refractivity contribution in [2.24, 2.45) is 5.10 Å². The second kappa shape index (κ2) is 11.7. The van der Waals surface area contributed by atoms with Crippen molar-refractivity contribution in [3.63, 3.8) is 0 Å². The predicted octanol–water partition coefficient (Wildman–Crippen LogP) is 5.69. The number of fused-ring (bicyclic) bond motifs is 2. The van der Waals surface area contributed by atoms with Crippen LogP contribution in [0.15, 0.2) is 75.0 Å². The molecule has 10 nitrogen and oxygen atoms in total. The molecule has 41 heavy (non-hydrogen) atoms. The first kappa shape index (κ1) is 27.7. The van der Waals surface area contributed by atoms with Crippen LogP contribution in [-0.4, -0.2) is 48.8 Å². The molecule has 0 amide bonds. The molecule has 0 N–H and O–H groups in total. The Morgan fingerprint density at radius 2 is 1.83 bits per heavy atom. The summed E-state index contributed by atoms with van der Waals surface area (Å²) in [7, 11) is 3.01. The molecule has 0 aliphatic carbocycles. The van der Waals surface area contributed by atoms with Gasteiger partial charge in [-0.3, -0.25) is 4.79 Å². The topological polar surface area (TPSA) is 114 Å². The molecule has 0 aliphatic heterocycles. The van der Waals surface area contributed by atoms with Crippen LogP contribution < -0.4 is 19.8 Å². The Labute approximate surface area is 239 Å². The quantitative estimate of drug-likeness (QED) is 0.163. The summed E-state index contributed by atoms with van der Waals surface area (Å²) in [4.78, 5) is 30.2. The zero-order valence-corrected chi connectivity index (χ0v) is 23.5. The van der Waals surface area contributed by atoms with Gasteiger partial charge in [0.2, 0.25) is 5.82 Å². The average molecular weight is 576 g/mol. The maximum Gasteiger partial charge on any atom is 0.344 e. The molecule has 2 aromatic heterocycles. The zero-order valence-electron chi connectivity index (χ0n) is 22.7. The molecule has 0 aliphatic rings. The Kier molecular flexibility index (Phi) is 7.93. The highest BCUT2D eigenvalue weighted by Crippen LogP contribution is 2.36. The number of para-hydroxylation sites is 1. The minimum absolute atomic E-state index is 0.175. The SMILES string of the molecule is COc1cc(C=Nn2c(-c3cc4c(OC)cccc4o3)nc3ccccc3c2=O)cc(Cl)c1OCC(=O)OC(C)C. The van der Waals surface area contributed by atoms with Gasteiger partial charge in [0.15, 0.2) is 23.9 Å². The molecule has 5 rings (SSSR count). The number of hydrogen-bond acceptors (Lipinski definition) is 9. The van der Waals surface area contributed by atoms with Gasteiger partial charge in [-0.2, -0.15) is 9.78 Å². The fourth-order valence-corrected chi connectivity index (χ4v) is 4.49. The van der Waals surface area contributed by atoms with Crippen molar-refractivity contribution in [3.8, 4) is 28.8 Å². The van der Waals surface area contributed by atoms with E-state index >= 15 is 0 Å². The predicted molar refractivity (Wildman–Crippen MR) is 155 cm³/mol. The van der Waals surface area contributed by atoms with Crippen molar-refractivity contribution in [2.75, 3.05) is 20.8 Å². The Balaban J connectivity index is 1.56. The lowest BCUT2D eigenvalue weighted by molar-refractivity contribution is -0.149. The van der Waals surface area contributed by atoms with Crippen LogP contribution in [0.2, 0.25) is 5.02 Å². The molecule has 0 saturated carbocycles. The molecule has 5 aromatic rings. The van der Waals surface area contributed by atoms with E-state index in [2.05, 4.69) is 5.10 Å². The van der Waals surface area contributed by atoms with Crippen LogP contribution in [0.5, 0.6) is 17.2 Å². The molecular formula is C30H26ClN3O7. The number of halogens is 1. The van der Waals surface area contributed by atoms with E-state index < -0.39 is 11.5 Å². The van der Waals surface area contributed by atoms with Crippen molar-refractivity contribution < 1.29 is 28.2 Å². The highest BCUT2D eigenvalue weighted by atomic mass is 35.5. The van der Waals surface area contributed by atoms with E-state index in [-0.39, 0.29) is 35.1 Å². The van der Waals surface area contributed by atoms with E-state index in [9.17, 15) is 9.59 Å². The lowest BCUT2D eigenvalue weighted by Crippen LogP contribution is -2.20. The van der Waals surface area contributed by atoms with Crippen LogP contribution in [0.3, 0.4) is 0 Å². The molecule has 3 aromatic carbocycles. The summed E-state index contributed by atoms with van der Waals surface area (Å²) in [6, 6.07) is 17.4. The molecule has 0 radical (unpaired) electrons. The van der Waals surface area contributed by atoms with Gasteiger partial charge in [0.25, 0.3) is 5.56 Å². The summed E-state index contributed by atoms with van der Waals surface area (Å²) in [5.74, 6) is 1.06. The first-order valence-electron chi connectivity index (χ1n) is 12.6. The number of carbonyl (C=O) groups is 1. The number of carbonyl (C=O) groups excluding carboxylic acids is 1. The van der Waals surface area contributed by atoms with Crippen molar-refractivity contribution in [1.82, 2.24) is 9.66 Å². The lowest BCUT2D eigenvalue weighted by atomic mass is 10.2. The van der Waals surface area contributed by atoms with Crippen molar-refractivity contribution in [1.29, 1.82) is 0 Å². The maximum absolute atomic E-state index is 13.6. The Hall–Kier alpha value is -4.83. The third-order valence-corrected chi connectivity index (χ3v) is 6.27. The highest BCUT2D eigenvalue weighted by molar-refractivity contribution is 6.32. The van der Waals surface area contributed by atoms with Gasteiger partial charge < -0.3 is 23.4 Å². The third-order valence-electron chi connectivity index (χ3n) is 5.99. The van der Waals surface area contributed by atoms with Crippen molar-refractivity contribution >= 4 is 45.7 Å². The number of aromatic nitrogens is 2. The summed E-state index contributed by atoms with van der Waals surface area (Å²) >= 11 is 6.47. The summed E-state index contributed by atoms with van der Waals surface area (Å²) in [6.07, 6.45) is 1.16. The zero-order chi connectivity index (χ0) is 29.1. The largest absolute Gasteiger partial charge is 0.496 e. The summed E-state index contributed by atoms with van der Waals surface area (Å²) < 4.78 is 28.8. The van der Waals surface area contributed by atoms with Gasteiger partial charge in [0.1, 0.15) is 11.3 Å². The smallest absolute Gasteiger partial charge is 0.344 e. The van der Waals surface area contributed by atoms with Crippen LogP contribution in [0, 0.1) is 0 Å². The van der Waals surface area contributed by atoms with Crippen molar-refractivity contribution in [3.05, 3.63) is 81.6 Å². The van der Waals surface area contributed by atoms with Crippen LogP contribution in [0.25, 0.3) is 33.5 Å². The number of benzene rings is 3. The van der Waals surface area contributed by atoms with E-state index in [4.69, 9.17) is 39.9 Å². The Bertz CT molecular complexity index is 1840. The average Bonchev–Trinajstić information content (AvgIpc) is 3.40. The fourth-order valence-electron chi connectivity index (χ4n) is 4.22. The molecule has 210 valence electrons. The van der Waals surface area contributed by atoms with Gasteiger partial charge in [-0.1, -0.05) is 29.8 Å². The molecule has 11 heteroatoms. The number of nitrogens with zero attached hydrogens (tertiary/aromatic N) is 3. The van der Waals surface area contributed by atoms with Gasteiger partial charge in [-0.25, -0.2) is 9.78 Å². The van der Waals surface area contributed by atoms with Gasteiger partial charge >= 0.3 is 5.97 Å². The Morgan fingerprint density at radius 1 is 1.05 bits per heavy atom. The van der Waals surface area contributed by atoms with Gasteiger partial charge in [-0.05, 0) is 61.9 Å². The summed E-state index contributed by atoms with van der Waals surface area (Å²) in [5, 5.41) is 5.76. The first-order valence-corrected chi connectivity index (χ1v) is 13.0. The number of methoxy groups -OCH3 is 2. The van der Waals surface area contributed by atoms with Gasteiger partial charge in [0.05, 0.1) is 47.8 Å². The first-order chi connectivity index (χ1) is 19.8. The van der Waals surface area contributed by atoms with Gasteiger partial charge in [0, 0.05) is 0 Å². The van der Waals surface area contributed by atoms with Crippen LogP contribution in [-0.2, 0) is 9.53 Å². The molecule has 0 bridgehead atoms. The lowest BCUT2D eigenvalue weighted by Gasteiger charge is -2.14. The normalized spacial score (nSPS) is 11.5. The van der Waals surface area contributed by atoms with E-state index in [1.807, 2.05) is 12.1 Å². The molecule has 0 unspecified atom stereocenters. The number of hydrogen-bond donors (Lipinski definition) is 0. The monoisotopic (exact) mass is 575 g/mol. The third kappa shape index (κ3) is 5.73. The van der Waals surface area contributed by atoms with Crippen LogP contribution in [0.4, 0.5) is 0 Å². The standard InChI is InChI=1S/C30H26ClN3O7/c1-17(2)40-27(35)16-39-28-21(31)12-18(13-25(28)38-4)15-32-34-29(33-22-9-6-5-8-19(22)30(34)36)26-14-20-23(37-3)10-7-11-24(20)41-26/h5-15,17H,16H2,1-4H3. The number of ether oxygens (including phenoxy) is 4. The number of rotatable bonds is 9. The van der Waals surface area contributed by atoms with E-state index in [1.54, 1.807) is 69.5 Å². The Morgan fingerprint density at radius 3 is 2.59 bits per heavy atom. The number of esters is 1. The highest BCUT2D eigenvalue weighted by Gasteiger charge is 2.19. The minimum atomic E-state index is -0.539. The second-order valence-corrected chi connectivity index (χ2v) is 9.57. The summed E-state index contributed by atoms with van der Waals surface area (Å²) in [6.45, 7) is 3.14. The van der Waals surface area contributed by atoms with Crippen LogP contribution >= 0.6 is 11.6 Å². The molecule has 0 fully saturated rings. The molecule has 0 spiro atoms. The maximum atomic E-state index is 13.6. The molecule has 0 saturated heterocycles. The minimum Gasteiger partial charge on any atom is -0.496 e. The molecule has 0 atom stereocenters. The van der Waals surface area contributed by atoms with Gasteiger partial charge in [-0.15, -0.1) is 0 Å². The van der Waals surface area contributed by atoms with Crippen molar-refractivity contribution in [2.45, 2.75) is 20.0 Å². The summed E-state index contributed by atoms with van der Waals surface area (Å²) in [5.41, 5.74) is 1.17. The number of furan rings is 1.